The lowest BCUT2D eigenvalue weighted by Gasteiger charge is -2.30. The number of aliphatic hydroxyl groups excluding tert-OH is 1. The summed E-state index contributed by atoms with van der Waals surface area (Å²) in [6, 6.07) is 8.93. The fourth-order valence-corrected chi connectivity index (χ4v) is 2.54. The molecule has 2 N–H and O–H groups in total. The number of hydrogen-bond donors (Lipinski definition) is 2. The van der Waals surface area contributed by atoms with Crippen molar-refractivity contribution < 1.29 is 24.1 Å². The van der Waals surface area contributed by atoms with E-state index >= 15 is 0 Å². The highest BCUT2D eigenvalue weighted by molar-refractivity contribution is 5.44. The van der Waals surface area contributed by atoms with Gasteiger partial charge in [0.15, 0.2) is 0 Å². The zero-order chi connectivity index (χ0) is 15.0. The molecule has 1 unspecified atom stereocenters. The summed E-state index contributed by atoms with van der Waals surface area (Å²) in [6.45, 7) is 0. The van der Waals surface area contributed by atoms with Crippen molar-refractivity contribution in [2.24, 2.45) is 0 Å². The minimum absolute atomic E-state index is 0.163. The van der Waals surface area contributed by atoms with Crippen LogP contribution in [0.15, 0.2) is 36.4 Å². The highest BCUT2D eigenvalue weighted by atomic mass is 19.1. The van der Waals surface area contributed by atoms with Crippen LogP contribution in [-0.4, -0.2) is 17.3 Å². The first-order valence-electron chi connectivity index (χ1n) is 6.59. The molecule has 0 saturated heterocycles. The number of rotatable bonds is 2. The van der Waals surface area contributed by atoms with E-state index in [-0.39, 0.29) is 12.2 Å². The lowest BCUT2D eigenvalue weighted by molar-refractivity contribution is 0.0652. The standard InChI is InChI=1S/C16H15FO4/c1-20-12-2-3-15-13(7-12)14(19)8-16(21-15)9-4-10(17)6-11(18)5-9/h2-7,14,16,18-19H,8H2,1H3/t14-,16?/m1/s1. The molecular weight excluding hydrogens is 275 g/mol. The Morgan fingerprint density at radius 1 is 1.24 bits per heavy atom. The van der Waals surface area contributed by atoms with Gasteiger partial charge in [-0.2, -0.15) is 0 Å². The number of ether oxygens (including phenoxy) is 2. The van der Waals surface area contributed by atoms with Gasteiger partial charge in [-0.3, -0.25) is 0 Å². The zero-order valence-electron chi connectivity index (χ0n) is 11.4. The Bertz CT molecular complexity index is 651. The normalized spacial score (nSPS) is 20.5. The smallest absolute Gasteiger partial charge is 0.127 e. The van der Waals surface area contributed by atoms with E-state index in [4.69, 9.17) is 9.47 Å². The molecule has 0 radical (unpaired) electrons. The van der Waals surface area contributed by atoms with Gasteiger partial charge in [-0.15, -0.1) is 0 Å². The predicted molar refractivity (Wildman–Crippen MR) is 74.0 cm³/mol. The summed E-state index contributed by atoms with van der Waals surface area (Å²) in [7, 11) is 1.55. The first kappa shape index (κ1) is 13.7. The quantitative estimate of drug-likeness (QED) is 0.892. The second-order valence-corrected chi connectivity index (χ2v) is 5.00. The van der Waals surface area contributed by atoms with Crippen LogP contribution < -0.4 is 9.47 Å². The first-order chi connectivity index (χ1) is 10.1. The maximum absolute atomic E-state index is 13.4. The van der Waals surface area contributed by atoms with Gasteiger partial charge in [0.05, 0.1) is 13.2 Å². The van der Waals surface area contributed by atoms with Gasteiger partial charge < -0.3 is 19.7 Å². The lowest BCUT2D eigenvalue weighted by Crippen LogP contribution is -2.19. The van der Waals surface area contributed by atoms with E-state index in [1.807, 2.05) is 0 Å². The van der Waals surface area contributed by atoms with Crippen molar-refractivity contribution in [2.45, 2.75) is 18.6 Å². The van der Waals surface area contributed by atoms with Crippen LogP contribution in [0.3, 0.4) is 0 Å². The first-order valence-corrected chi connectivity index (χ1v) is 6.59. The summed E-state index contributed by atoms with van der Waals surface area (Å²) in [4.78, 5) is 0. The Morgan fingerprint density at radius 3 is 2.76 bits per heavy atom. The van der Waals surface area contributed by atoms with Crippen molar-refractivity contribution in [3.8, 4) is 17.2 Å². The summed E-state index contributed by atoms with van der Waals surface area (Å²) < 4.78 is 24.3. The number of phenolic OH excluding ortho intramolecular Hbond substituents is 1. The topological polar surface area (TPSA) is 58.9 Å². The van der Waals surface area contributed by atoms with E-state index in [9.17, 15) is 14.6 Å². The lowest BCUT2D eigenvalue weighted by atomic mass is 9.94. The summed E-state index contributed by atoms with van der Waals surface area (Å²) in [6.07, 6.45) is -0.968. The molecule has 1 heterocycles. The van der Waals surface area contributed by atoms with E-state index in [2.05, 4.69) is 0 Å². The molecule has 0 fully saturated rings. The molecule has 5 heteroatoms. The summed E-state index contributed by atoms with van der Waals surface area (Å²) in [5, 5.41) is 19.7. The number of fused-ring (bicyclic) bond motifs is 1. The number of phenols is 1. The number of halogens is 1. The molecule has 0 aromatic heterocycles. The highest BCUT2D eigenvalue weighted by Gasteiger charge is 2.29. The van der Waals surface area contributed by atoms with Crippen molar-refractivity contribution >= 4 is 0 Å². The molecule has 0 aliphatic carbocycles. The van der Waals surface area contributed by atoms with Gasteiger partial charge in [0.2, 0.25) is 0 Å². The minimum Gasteiger partial charge on any atom is -0.508 e. The molecule has 4 nitrogen and oxygen atoms in total. The number of aromatic hydroxyl groups is 1. The maximum Gasteiger partial charge on any atom is 0.127 e. The fourth-order valence-electron chi connectivity index (χ4n) is 2.54. The van der Waals surface area contributed by atoms with Crippen molar-refractivity contribution in [1.29, 1.82) is 0 Å². The number of benzene rings is 2. The number of hydrogen-bond acceptors (Lipinski definition) is 4. The van der Waals surface area contributed by atoms with Gasteiger partial charge in [0, 0.05) is 18.1 Å². The number of methoxy groups -OCH3 is 1. The van der Waals surface area contributed by atoms with Gasteiger partial charge in [0.1, 0.15) is 29.2 Å². The maximum atomic E-state index is 13.4. The molecule has 0 amide bonds. The second-order valence-electron chi connectivity index (χ2n) is 5.00. The van der Waals surface area contributed by atoms with Crippen molar-refractivity contribution in [3.63, 3.8) is 0 Å². The van der Waals surface area contributed by atoms with Crippen LogP contribution in [-0.2, 0) is 0 Å². The van der Waals surface area contributed by atoms with Gasteiger partial charge in [0.25, 0.3) is 0 Å². The van der Waals surface area contributed by atoms with Gasteiger partial charge >= 0.3 is 0 Å². The fraction of sp³-hybridized carbons (Fsp3) is 0.250. The van der Waals surface area contributed by atoms with E-state index in [1.54, 1.807) is 25.3 Å². The van der Waals surface area contributed by atoms with Crippen LogP contribution in [0.4, 0.5) is 4.39 Å². The van der Waals surface area contributed by atoms with Crippen LogP contribution >= 0.6 is 0 Å². The molecule has 2 atom stereocenters. The van der Waals surface area contributed by atoms with Crippen molar-refractivity contribution in [2.75, 3.05) is 7.11 Å². The summed E-state index contributed by atoms with van der Waals surface area (Å²) in [5.74, 6) is 0.466. The van der Waals surface area contributed by atoms with Crippen LogP contribution in [0.2, 0.25) is 0 Å². The molecule has 0 spiro atoms. The SMILES string of the molecule is COc1ccc2c(c1)[C@H](O)CC(c1cc(O)cc(F)c1)O2. The molecule has 0 bridgehead atoms. The third kappa shape index (κ3) is 2.64. The van der Waals surface area contributed by atoms with E-state index in [0.29, 0.717) is 22.6 Å². The summed E-state index contributed by atoms with van der Waals surface area (Å²) in [5.41, 5.74) is 1.14. The molecule has 2 aromatic carbocycles. The number of aliphatic hydroxyl groups is 1. The molecule has 1 aliphatic rings. The second kappa shape index (κ2) is 5.26. The van der Waals surface area contributed by atoms with Crippen LogP contribution in [0.25, 0.3) is 0 Å². The van der Waals surface area contributed by atoms with Gasteiger partial charge in [-0.1, -0.05) is 0 Å². The molecule has 110 valence electrons. The molecule has 2 aromatic rings. The van der Waals surface area contributed by atoms with Gasteiger partial charge in [-0.05, 0) is 35.9 Å². The predicted octanol–water partition coefficient (Wildman–Crippen LogP) is 3.10. The van der Waals surface area contributed by atoms with Crippen LogP contribution in [0.5, 0.6) is 17.2 Å². The van der Waals surface area contributed by atoms with Crippen LogP contribution in [0.1, 0.15) is 29.8 Å². The average Bonchev–Trinajstić information content (AvgIpc) is 2.46. The molecule has 0 saturated carbocycles. The van der Waals surface area contributed by atoms with E-state index < -0.39 is 18.0 Å². The monoisotopic (exact) mass is 290 g/mol. The third-order valence-electron chi connectivity index (χ3n) is 3.56. The van der Waals surface area contributed by atoms with Crippen molar-refractivity contribution in [3.05, 3.63) is 53.3 Å². The average molecular weight is 290 g/mol. The largest absolute Gasteiger partial charge is 0.508 e. The Labute approximate surface area is 121 Å². The Morgan fingerprint density at radius 2 is 2.05 bits per heavy atom. The van der Waals surface area contributed by atoms with Gasteiger partial charge in [-0.25, -0.2) is 4.39 Å². The molecule has 3 rings (SSSR count). The Balaban J connectivity index is 1.94. The molecular formula is C16H15FO4. The zero-order valence-corrected chi connectivity index (χ0v) is 11.4. The van der Waals surface area contributed by atoms with Crippen molar-refractivity contribution in [1.82, 2.24) is 0 Å². The highest BCUT2D eigenvalue weighted by Crippen LogP contribution is 2.42. The minimum atomic E-state index is -0.737. The third-order valence-corrected chi connectivity index (χ3v) is 3.56. The van der Waals surface area contributed by atoms with E-state index in [1.165, 1.54) is 12.1 Å². The molecule has 1 aliphatic heterocycles. The Hall–Kier alpha value is -2.27. The van der Waals surface area contributed by atoms with E-state index in [0.717, 1.165) is 6.07 Å². The van der Waals surface area contributed by atoms with Crippen LogP contribution in [0, 0.1) is 5.82 Å². The Kier molecular flexibility index (Phi) is 3.43. The summed E-state index contributed by atoms with van der Waals surface area (Å²) >= 11 is 0. The molecule has 21 heavy (non-hydrogen) atoms.